The number of allylic oxidation sites excluding steroid dienone is 2. The number of carbonyl (C=O) groups is 1. The Balaban J connectivity index is 0.000000532. The summed E-state index contributed by atoms with van der Waals surface area (Å²) in [5, 5.41) is 13.1. The van der Waals surface area contributed by atoms with Crippen LogP contribution in [-0.2, 0) is 24.9 Å². The maximum atomic E-state index is 10.0. The summed E-state index contributed by atoms with van der Waals surface area (Å²) >= 11 is 0. The van der Waals surface area contributed by atoms with Crippen LogP contribution < -0.4 is 32.8 Å². The molecule has 1 aliphatic rings. The van der Waals surface area contributed by atoms with Crippen molar-refractivity contribution in [2.75, 3.05) is 0 Å². The molecule has 1 aromatic heterocycles. The maximum absolute atomic E-state index is 10.0. The zero-order chi connectivity index (χ0) is 33.9. The van der Waals surface area contributed by atoms with Gasteiger partial charge < -0.3 is 5.11 Å². The molecule has 2 heterocycles. The van der Waals surface area contributed by atoms with Gasteiger partial charge in [-0.2, -0.15) is 29.4 Å². The molecular weight excluding hydrogens is 778 g/mol. The number of aromatic nitrogens is 2. The van der Waals surface area contributed by atoms with Crippen LogP contribution in [-0.4, -0.2) is 34.1 Å². The second kappa shape index (κ2) is 15.2. The van der Waals surface area contributed by atoms with Crippen molar-refractivity contribution >= 4 is 52.0 Å². The molecule has 0 saturated carbocycles. The number of hydrogen-bond donors (Lipinski definition) is 1. The van der Waals surface area contributed by atoms with Crippen LogP contribution in [0.25, 0.3) is 16.9 Å². The predicted octanol–water partition coefficient (Wildman–Crippen LogP) is 4.95. The number of nitrogens with zero attached hydrogens (tertiary/aromatic N) is 2. The van der Waals surface area contributed by atoms with Gasteiger partial charge in [0, 0.05) is 32.4 Å². The number of ketones is 1. The van der Waals surface area contributed by atoms with E-state index in [0.717, 1.165) is 16.9 Å². The van der Waals surface area contributed by atoms with Crippen molar-refractivity contribution in [2.45, 2.75) is 41.5 Å². The second-order valence-electron chi connectivity index (χ2n) is 12.7. The fraction of sp³-hybridized carbons (Fsp3) is 0.143. The van der Waals surface area contributed by atoms with E-state index in [2.05, 4.69) is 130 Å². The number of hydrogen-bond acceptors (Lipinski definition) is 3. The van der Waals surface area contributed by atoms with E-state index in [9.17, 15) is 4.79 Å². The molecule has 4 nitrogen and oxygen atoms in total. The molecule has 0 atom stereocenters. The van der Waals surface area contributed by atoms with E-state index in [1.807, 2.05) is 29.1 Å². The summed E-state index contributed by atoms with van der Waals surface area (Å²) in [5.41, 5.74) is 16.9. The van der Waals surface area contributed by atoms with Crippen molar-refractivity contribution in [3.05, 3.63) is 156 Å². The Morgan fingerprint density at radius 2 is 1.22 bits per heavy atom. The molecular formula is C42H39B2IrN2O2-. The first-order valence-corrected chi connectivity index (χ1v) is 16.4. The Labute approximate surface area is 304 Å². The first kappa shape index (κ1) is 35.6. The third-order valence-electron chi connectivity index (χ3n) is 9.26. The van der Waals surface area contributed by atoms with Crippen LogP contribution in [0.3, 0.4) is 0 Å². The Morgan fingerprint density at radius 1 is 0.694 bits per heavy atom. The van der Waals surface area contributed by atoms with Crippen LogP contribution in [0.4, 0.5) is 0 Å². The van der Waals surface area contributed by atoms with Gasteiger partial charge in [0.05, 0.1) is 11.5 Å². The van der Waals surface area contributed by atoms with Crippen LogP contribution in [0.1, 0.15) is 36.1 Å². The zero-order valence-electron chi connectivity index (χ0n) is 28.8. The molecule has 1 aliphatic heterocycles. The smallest absolute Gasteiger partial charge is 0.240 e. The van der Waals surface area contributed by atoms with Gasteiger partial charge in [0.15, 0.2) is 5.78 Å². The first-order valence-electron chi connectivity index (χ1n) is 16.4. The first-order chi connectivity index (χ1) is 23.2. The van der Waals surface area contributed by atoms with E-state index >= 15 is 0 Å². The van der Waals surface area contributed by atoms with Crippen molar-refractivity contribution in [2.24, 2.45) is 0 Å². The Kier molecular flexibility index (Phi) is 11.1. The number of aliphatic hydroxyl groups is 1. The van der Waals surface area contributed by atoms with E-state index in [1.165, 1.54) is 75.0 Å². The quantitative estimate of drug-likeness (QED) is 0.116. The van der Waals surface area contributed by atoms with Gasteiger partial charge in [-0.3, -0.25) is 9.48 Å². The Bertz CT molecular complexity index is 2110. The van der Waals surface area contributed by atoms with Crippen molar-refractivity contribution in [1.29, 1.82) is 0 Å². The summed E-state index contributed by atoms with van der Waals surface area (Å²) < 4.78 is 2.00. The molecule has 0 unspecified atom stereocenters. The number of para-hydroxylation sites is 1. The summed E-state index contributed by atoms with van der Waals surface area (Å²) in [5.74, 6) is -0.0625. The van der Waals surface area contributed by atoms with Gasteiger partial charge >= 0.3 is 0 Å². The van der Waals surface area contributed by atoms with Gasteiger partial charge in [0.25, 0.3) is 0 Å². The van der Waals surface area contributed by atoms with Crippen LogP contribution in [0.15, 0.2) is 127 Å². The molecule has 0 fully saturated rings. The molecule has 7 heteroatoms. The molecule has 0 spiro atoms. The van der Waals surface area contributed by atoms with Crippen molar-refractivity contribution in [3.8, 4) is 16.9 Å². The van der Waals surface area contributed by atoms with Gasteiger partial charge in [-0.25, -0.2) is 0 Å². The fourth-order valence-electron chi connectivity index (χ4n) is 7.33. The monoisotopic (exact) mass is 818 g/mol. The molecule has 0 saturated heterocycles. The summed E-state index contributed by atoms with van der Waals surface area (Å²) in [6.45, 7) is 12.2. The van der Waals surface area contributed by atoms with Crippen LogP contribution in [0, 0.1) is 33.8 Å². The fourth-order valence-corrected chi connectivity index (χ4v) is 7.33. The molecule has 245 valence electrons. The Morgan fingerprint density at radius 3 is 1.71 bits per heavy atom. The van der Waals surface area contributed by atoms with E-state index in [4.69, 9.17) is 5.11 Å². The minimum Gasteiger partial charge on any atom is -0.512 e. The average Bonchev–Trinajstić information content (AvgIpc) is 3.55. The van der Waals surface area contributed by atoms with Crippen molar-refractivity contribution in [1.82, 2.24) is 9.78 Å². The number of aliphatic hydroxyl groups excluding tert-OH is 1. The molecule has 0 bridgehead atoms. The SMILES string of the molecule is CC(=O)C=C(C)O.Cc1cccc(C)c1B1c2ccccc2B(c2c(C)cccc2C)c2cc(-c3ccnn3-c3[c-]cccc3)ccc21.[Ir]. The van der Waals surface area contributed by atoms with Crippen LogP contribution in [0.2, 0.25) is 0 Å². The summed E-state index contributed by atoms with van der Waals surface area (Å²) in [4.78, 5) is 10.0. The number of rotatable bonds is 5. The van der Waals surface area contributed by atoms with E-state index in [0.29, 0.717) is 0 Å². The number of aryl methyl sites for hydroxylation is 4. The molecule has 0 aliphatic carbocycles. The largest absolute Gasteiger partial charge is 0.512 e. The van der Waals surface area contributed by atoms with Gasteiger partial charge in [-0.1, -0.05) is 134 Å². The number of benzene rings is 5. The number of carbonyl (C=O) groups excluding carboxylic acids is 1. The Hall–Kier alpha value is -4.70. The van der Waals surface area contributed by atoms with Gasteiger partial charge in [-0.15, -0.1) is 6.07 Å². The molecule has 7 rings (SSSR count). The second-order valence-corrected chi connectivity index (χ2v) is 12.7. The standard InChI is InChI=1S/C37H31B2N2.C5H8O2.Ir/c1-25-12-10-13-26(2)36(25)38-31-18-8-9-19-32(31)39(37-27(3)14-11-15-28(37)4)34-24-29(20-21-33(34)38)35-22-23-40-41(35)30-16-6-5-7-17-30;1-4(6)3-5(2)7;/h5-16,18-24H,1-4H3;3,6H,1-2H3;/q-1;;. The third-order valence-corrected chi connectivity index (χ3v) is 9.26. The third kappa shape index (κ3) is 7.20. The number of fused-ring (bicyclic) bond motifs is 2. The molecule has 49 heavy (non-hydrogen) atoms. The van der Waals surface area contributed by atoms with Crippen LogP contribution >= 0.6 is 0 Å². The predicted molar refractivity (Wildman–Crippen MR) is 202 cm³/mol. The van der Waals surface area contributed by atoms with Crippen molar-refractivity contribution in [3.63, 3.8) is 0 Å². The van der Waals surface area contributed by atoms with Gasteiger partial charge in [-0.05, 0) is 58.9 Å². The average molecular weight is 818 g/mol. The minimum absolute atomic E-state index is 0. The summed E-state index contributed by atoms with van der Waals surface area (Å²) in [7, 11) is 0. The van der Waals surface area contributed by atoms with E-state index < -0.39 is 0 Å². The zero-order valence-corrected chi connectivity index (χ0v) is 31.2. The van der Waals surface area contributed by atoms with Crippen molar-refractivity contribution < 1.29 is 30.0 Å². The van der Waals surface area contributed by atoms with Gasteiger partial charge in [0.2, 0.25) is 13.4 Å². The maximum Gasteiger partial charge on any atom is 0.240 e. The molecule has 1 radical (unpaired) electrons. The summed E-state index contributed by atoms with van der Waals surface area (Å²) in [6, 6.07) is 43.1. The minimum atomic E-state index is -0.125. The van der Waals surface area contributed by atoms with E-state index in [-0.39, 0.29) is 45.1 Å². The molecule has 1 N–H and O–H groups in total. The summed E-state index contributed by atoms with van der Waals surface area (Å²) in [6.07, 6.45) is 3.05. The molecule has 0 amide bonds. The molecule has 5 aromatic carbocycles. The van der Waals surface area contributed by atoms with E-state index in [1.54, 1.807) is 0 Å². The van der Waals surface area contributed by atoms with Gasteiger partial charge in [0.1, 0.15) is 0 Å². The normalized spacial score (nSPS) is 11.9. The van der Waals surface area contributed by atoms with Crippen LogP contribution in [0.5, 0.6) is 0 Å². The molecule has 6 aromatic rings. The topological polar surface area (TPSA) is 55.1 Å².